The van der Waals surface area contributed by atoms with Gasteiger partial charge < -0.3 is 10.1 Å². The van der Waals surface area contributed by atoms with E-state index in [0.29, 0.717) is 23.4 Å². The van der Waals surface area contributed by atoms with Gasteiger partial charge in [0.15, 0.2) is 5.78 Å². The molecule has 1 atom stereocenters. The summed E-state index contributed by atoms with van der Waals surface area (Å²) in [4.78, 5) is 17.7. The number of halogens is 1. The van der Waals surface area contributed by atoms with Crippen LogP contribution in [0.15, 0.2) is 47.8 Å². The number of fused-ring (bicyclic) bond motifs is 1. The minimum absolute atomic E-state index is 0.0318. The number of carbonyl (C=O) groups is 1. The molecule has 29 heavy (non-hydrogen) atoms. The van der Waals surface area contributed by atoms with Crippen molar-refractivity contribution in [2.75, 3.05) is 5.32 Å². The topological polar surface area (TPSA) is 51.2 Å². The monoisotopic (exact) mass is 394 g/mol. The summed E-state index contributed by atoms with van der Waals surface area (Å²) in [6.45, 7) is 10.1. The Kier molecular flexibility index (Phi) is 4.52. The molecule has 2 aromatic rings. The van der Waals surface area contributed by atoms with Gasteiger partial charge in [0.05, 0.1) is 17.7 Å². The number of hydrogen-bond donors (Lipinski definition) is 1. The van der Waals surface area contributed by atoms with Crippen LogP contribution >= 0.6 is 0 Å². The molecule has 0 bridgehead atoms. The Bertz CT molecular complexity index is 1030. The van der Waals surface area contributed by atoms with Gasteiger partial charge in [-0.3, -0.25) is 4.79 Å². The average molecular weight is 394 g/mol. The number of ether oxygens (including phenoxy) is 1. The number of benzene rings is 1. The Morgan fingerprint density at radius 2 is 1.93 bits per heavy atom. The zero-order valence-corrected chi connectivity index (χ0v) is 17.6. The van der Waals surface area contributed by atoms with Gasteiger partial charge in [-0.25, -0.2) is 9.37 Å². The molecule has 0 spiro atoms. The second kappa shape index (κ2) is 6.68. The van der Waals surface area contributed by atoms with Crippen LogP contribution in [0, 0.1) is 11.2 Å². The molecule has 0 saturated heterocycles. The summed E-state index contributed by atoms with van der Waals surface area (Å²) in [5.41, 5.74) is 2.21. The first-order valence-electron chi connectivity index (χ1n) is 10.1. The van der Waals surface area contributed by atoms with E-state index in [2.05, 4.69) is 24.1 Å². The molecule has 0 saturated carbocycles. The Labute approximate surface area is 171 Å². The van der Waals surface area contributed by atoms with Crippen molar-refractivity contribution >= 4 is 11.6 Å². The summed E-state index contributed by atoms with van der Waals surface area (Å²) < 4.78 is 20.1. The van der Waals surface area contributed by atoms with Gasteiger partial charge in [-0.2, -0.15) is 0 Å². The zero-order chi connectivity index (χ0) is 21.0. The summed E-state index contributed by atoms with van der Waals surface area (Å²) in [6, 6.07) is 9.24. The quantitative estimate of drug-likeness (QED) is 0.759. The number of Topliss-reactive ketones (excluding diaryl/α,β-unsaturated/α-hetero) is 1. The Morgan fingerprint density at radius 3 is 2.66 bits per heavy atom. The van der Waals surface area contributed by atoms with Gasteiger partial charge in [0, 0.05) is 23.3 Å². The fourth-order valence-corrected chi connectivity index (χ4v) is 4.66. The van der Waals surface area contributed by atoms with Crippen molar-refractivity contribution < 1.29 is 13.9 Å². The number of rotatable bonds is 3. The van der Waals surface area contributed by atoms with Crippen molar-refractivity contribution in [3.05, 3.63) is 64.7 Å². The van der Waals surface area contributed by atoms with Crippen LogP contribution in [0.4, 0.5) is 10.2 Å². The average Bonchev–Trinajstić information content (AvgIpc) is 2.60. The van der Waals surface area contributed by atoms with Crippen LogP contribution in [-0.4, -0.2) is 16.9 Å². The molecule has 5 heteroatoms. The summed E-state index contributed by atoms with van der Waals surface area (Å²) >= 11 is 0. The molecule has 2 heterocycles. The lowest BCUT2D eigenvalue weighted by atomic mass is 9.62. The number of nitrogens with one attached hydrogen (secondary N) is 1. The number of allylic oxidation sites excluding steroid dienone is 2. The van der Waals surface area contributed by atoms with Gasteiger partial charge in [0.25, 0.3) is 0 Å². The third-order valence-corrected chi connectivity index (χ3v) is 5.82. The predicted octanol–water partition coefficient (Wildman–Crippen LogP) is 5.38. The highest BCUT2D eigenvalue weighted by Crippen LogP contribution is 2.52. The highest BCUT2D eigenvalue weighted by atomic mass is 19.1. The molecule has 1 N–H and O–H groups in total. The molecule has 1 aromatic heterocycles. The molecule has 152 valence electrons. The van der Waals surface area contributed by atoms with Gasteiger partial charge >= 0.3 is 0 Å². The Morgan fingerprint density at radius 1 is 1.17 bits per heavy atom. The first-order valence-corrected chi connectivity index (χ1v) is 10.1. The van der Waals surface area contributed by atoms with E-state index in [9.17, 15) is 9.18 Å². The molecule has 0 radical (unpaired) electrons. The van der Waals surface area contributed by atoms with Crippen LogP contribution in [0.2, 0.25) is 0 Å². The van der Waals surface area contributed by atoms with Crippen LogP contribution in [0.5, 0.6) is 5.75 Å². The van der Waals surface area contributed by atoms with E-state index in [1.165, 1.54) is 12.3 Å². The molecule has 2 aliphatic rings. The SMILES string of the molecule is CC(C)Oc1cccc([C@]2(C)C3=C(CC(C)(C)CC3=O)Nc3ncc(F)cc32)c1. The second-order valence-corrected chi connectivity index (χ2v) is 9.29. The van der Waals surface area contributed by atoms with Crippen molar-refractivity contribution in [2.45, 2.75) is 59.0 Å². The number of carbonyl (C=O) groups excluding carboxylic acids is 1. The lowest BCUT2D eigenvalue weighted by Crippen LogP contribution is -2.42. The molecule has 1 aromatic carbocycles. The Hall–Kier alpha value is -2.69. The van der Waals surface area contributed by atoms with E-state index in [0.717, 1.165) is 23.4 Å². The molecular formula is C24H27FN2O2. The molecule has 0 unspecified atom stereocenters. The van der Waals surface area contributed by atoms with Crippen LogP contribution < -0.4 is 10.1 Å². The fourth-order valence-electron chi connectivity index (χ4n) is 4.66. The van der Waals surface area contributed by atoms with Gasteiger partial charge in [-0.05, 0) is 56.4 Å². The van der Waals surface area contributed by atoms with E-state index in [1.807, 2.05) is 45.0 Å². The number of nitrogens with zero attached hydrogens (tertiary/aromatic N) is 1. The van der Waals surface area contributed by atoms with Gasteiger partial charge in [0.1, 0.15) is 17.4 Å². The third kappa shape index (κ3) is 3.33. The van der Waals surface area contributed by atoms with Crippen molar-refractivity contribution in [3.8, 4) is 5.75 Å². The van der Waals surface area contributed by atoms with E-state index in [1.54, 1.807) is 0 Å². The summed E-state index contributed by atoms with van der Waals surface area (Å²) in [5, 5.41) is 3.33. The highest BCUT2D eigenvalue weighted by molar-refractivity contribution is 6.02. The largest absolute Gasteiger partial charge is 0.491 e. The van der Waals surface area contributed by atoms with Crippen molar-refractivity contribution in [3.63, 3.8) is 0 Å². The molecule has 4 nitrogen and oxygen atoms in total. The van der Waals surface area contributed by atoms with Crippen molar-refractivity contribution in [1.29, 1.82) is 0 Å². The maximum atomic E-state index is 14.2. The van der Waals surface area contributed by atoms with E-state index < -0.39 is 11.2 Å². The van der Waals surface area contributed by atoms with Gasteiger partial charge in [-0.1, -0.05) is 26.0 Å². The zero-order valence-electron chi connectivity index (χ0n) is 17.6. The normalized spacial score (nSPS) is 22.8. The molecular weight excluding hydrogens is 367 g/mol. The number of anilines is 1. The summed E-state index contributed by atoms with van der Waals surface area (Å²) in [5.74, 6) is 1.01. The Balaban J connectivity index is 1.97. The lowest BCUT2D eigenvalue weighted by Gasteiger charge is -2.44. The molecule has 0 fully saturated rings. The second-order valence-electron chi connectivity index (χ2n) is 9.29. The fraction of sp³-hybridized carbons (Fsp3) is 0.417. The summed E-state index contributed by atoms with van der Waals surface area (Å²) in [6.07, 6.45) is 2.45. The number of pyridine rings is 1. The maximum Gasteiger partial charge on any atom is 0.162 e. The predicted molar refractivity (Wildman–Crippen MR) is 112 cm³/mol. The minimum Gasteiger partial charge on any atom is -0.491 e. The number of aromatic nitrogens is 1. The van der Waals surface area contributed by atoms with Gasteiger partial charge in [-0.15, -0.1) is 0 Å². The number of hydrogen-bond acceptors (Lipinski definition) is 4. The molecule has 1 aliphatic carbocycles. The van der Waals surface area contributed by atoms with Crippen molar-refractivity contribution in [2.24, 2.45) is 5.41 Å². The van der Waals surface area contributed by atoms with Gasteiger partial charge in [0.2, 0.25) is 0 Å². The van der Waals surface area contributed by atoms with E-state index in [-0.39, 0.29) is 17.3 Å². The van der Waals surface area contributed by atoms with Crippen LogP contribution in [-0.2, 0) is 10.2 Å². The van der Waals surface area contributed by atoms with Crippen molar-refractivity contribution in [1.82, 2.24) is 4.98 Å². The lowest BCUT2D eigenvalue weighted by molar-refractivity contribution is -0.118. The first-order chi connectivity index (χ1) is 13.6. The number of ketones is 1. The molecule has 1 aliphatic heterocycles. The molecule has 0 amide bonds. The van der Waals surface area contributed by atoms with E-state index in [4.69, 9.17) is 4.74 Å². The van der Waals surface area contributed by atoms with Crippen LogP contribution in [0.3, 0.4) is 0 Å². The van der Waals surface area contributed by atoms with E-state index >= 15 is 0 Å². The minimum atomic E-state index is -0.811. The smallest absolute Gasteiger partial charge is 0.162 e. The summed E-state index contributed by atoms with van der Waals surface area (Å²) in [7, 11) is 0. The molecule has 4 rings (SSSR count). The maximum absolute atomic E-state index is 14.2. The van der Waals surface area contributed by atoms with Crippen LogP contribution in [0.25, 0.3) is 0 Å². The first kappa shape index (κ1) is 19.6. The third-order valence-electron chi connectivity index (χ3n) is 5.82. The highest BCUT2D eigenvalue weighted by Gasteiger charge is 2.48. The standard InChI is InChI=1S/C24H27FN2O2/c1-14(2)29-17-8-6-7-15(9-17)24(5)18-10-16(25)13-26-22(18)27-19-11-23(3,4)12-20(28)21(19)24/h6-10,13-14H,11-12H2,1-5H3,(H,26,27)/t24-/m0/s1. The van der Waals surface area contributed by atoms with Crippen LogP contribution in [0.1, 0.15) is 58.6 Å².